The van der Waals surface area contributed by atoms with Gasteiger partial charge in [0.05, 0.1) is 17.6 Å². The number of rotatable bonds is 10. The second kappa shape index (κ2) is 11.7. The van der Waals surface area contributed by atoms with E-state index in [2.05, 4.69) is 0 Å². The van der Waals surface area contributed by atoms with E-state index in [-0.39, 0.29) is 12.3 Å². The molecule has 0 N–H and O–H groups in total. The van der Waals surface area contributed by atoms with Crippen LogP contribution in [-0.2, 0) is 30.3 Å². The number of nitrogens with zero attached hydrogens (tertiary/aromatic N) is 1. The Labute approximate surface area is 192 Å². The second-order valence-electron chi connectivity index (χ2n) is 7.75. The lowest BCUT2D eigenvalue weighted by atomic mass is 9.98. The van der Waals surface area contributed by atoms with Crippen LogP contribution in [0.4, 0.5) is 5.69 Å². The van der Waals surface area contributed by atoms with Crippen molar-refractivity contribution < 1.29 is 33.4 Å². The molecular weight excluding hydrogens is 430 g/mol. The predicted octanol–water partition coefficient (Wildman–Crippen LogP) is 4.03. The lowest BCUT2D eigenvalue weighted by Crippen LogP contribution is -2.61. The van der Waals surface area contributed by atoms with E-state index < -0.39 is 41.6 Å². The molecule has 1 aliphatic rings. The monoisotopic (exact) mass is 459 g/mol. The zero-order valence-corrected chi connectivity index (χ0v) is 18.9. The maximum absolute atomic E-state index is 11.9. The molecule has 0 amide bonds. The van der Waals surface area contributed by atoms with Crippen LogP contribution in [0.3, 0.4) is 0 Å². The normalized spacial score (nSPS) is 24.8. The van der Waals surface area contributed by atoms with Crippen LogP contribution >= 0.6 is 0 Å². The Morgan fingerprint density at radius 3 is 2.33 bits per heavy atom. The van der Waals surface area contributed by atoms with Crippen molar-refractivity contribution in [1.82, 2.24) is 0 Å². The van der Waals surface area contributed by atoms with E-state index >= 15 is 0 Å². The molecule has 0 aromatic heterocycles. The zero-order valence-electron chi connectivity index (χ0n) is 18.9. The van der Waals surface area contributed by atoms with Gasteiger partial charge in [-0.25, -0.2) is 0 Å². The van der Waals surface area contributed by atoms with Crippen LogP contribution in [-0.4, -0.2) is 48.2 Å². The number of hydrogen-bond acceptors (Lipinski definition) is 8. The van der Waals surface area contributed by atoms with Gasteiger partial charge in [-0.2, -0.15) is 0 Å². The minimum atomic E-state index is -0.934. The maximum Gasteiger partial charge on any atom is 0.303 e. The van der Waals surface area contributed by atoms with E-state index in [0.29, 0.717) is 12.4 Å². The van der Waals surface area contributed by atoms with Crippen molar-refractivity contribution in [3.8, 4) is 5.75 Å². The van der Waals surface area contributed by atoms with Crippen LogP contribution in [0.1, 0.15) is 32.8 Å². The van der Waals surface area contributed by atoms with Gasteiger partial charge >= 0.3 is 5.97 Å². The van der Waals surface area contributed by atoms with Crippen LogP contribution in [0, 0.1) is 10.1 Å². The molecule has 1 heterocycles. The third-order valence-corrected chi connectivity index (χ3v) is 5.13. The molecule has 1 aliphatic heterocycles. The van der Waals surface area contributed by atoms with E-state index in [9.17, 15) is 14.9 Å². The third kappa shape index (κ3) is 6.74. The summed E-state index contributed by atoms with van der Waals surface area (Å²) in [5.74, 6) is -0.109. The van der Waals surface area contributed by atoms with E-state index in [1.165, 1.54) is 31.2 Å². The highest BCUT2D eigenvalue weighted by Gasteiger charge is 2.49. The molecule has 9 heteroatoms. The van der Waals surface area contributed by atoms with Gasteiger partial charge < -0.3 is 23.7 Å². The molecule has 5 atom stereocenters. The van der Waals surface area contributed by atoms with E-state index in [1.807, 2.05) is 44.2 Å². The molecule has 0 bridgehead atoms. The maximum atomic E-state index is 11.9. The fourth-order valence-electron chi connectivity index (χ4n) is 3.60. The number of esters is 1. The topological polar surface area (TPSA) is 106 Å². The lowest BCUT2D eigenvalue weighted by molar-refractivity contribution is -0.384. The Morgan fingerprint density at radius 2 is 1.73 bits per heavy atom. The fraction of sp³-hybridized carbons (Fsp3) is 0.458. The number of non-ortho nitro benzene ring substituents is 1. The first-order valence-corrected chi connectivity index (χ1v) is 10.9. The van der Waals surface area contributed by atoms with Gasteiger partial charge in [-0.1, -0.05) is 37.3 Å². The van der Waals surface area contributed by atoms with Gasteiger partial charge in [0.1, 0.15) is 11.9 Å². The van der Waals surface area contributed by atoms with Crippen molar-refractivity contribution in [2.75, 3.05) is 6.61 Å². The van der Waals surface area contributed by atoms with Gasteiger partial charge in [0.15, 0.2) is 12.2 Å². The first-order valence-electron chi connectivity index (χ1n) is 10.9. The summed E-state index contributed by atoms with van der Waals surface area (Å²) in [5.41, 5.74) is 0.876. The quantitative estimate of drug-likeness (QED) is 0.298. The lowest BCUT2D eigenvalue weighted by Gasteiger charge is -2.44. The van der Waals surface area contributed by atoms with E-state index in [4.69, 9.17) is 23.7 Å². The smallest absolute Gasteiger partial charge is 0.303 e. The second-order valence-corrected chi connectivity index (χ2v) is 7.75. The highest BCUT2D eigenvalue weighted by Crippen LogP contribution is 2.31. The highest BCUT2D eigenvalue weighted by molar-refractivity contribution is 5.66. The molecular formula is C24H29NO8. The Balaban J connectivity index is 1.86. The van der Waals surface area contributed by atoms with E-state index in [0.717, 1.165) is 12.0 Å². The summed E-state index contributed by atoms with van der Waals surface area (Å²) in [5, 5.41) is 10.9. The predicted molar refractivity (Wildman–Crippen MR) is 119 cm³/mol. The fourth-order valence-corrected chi connectivity index (χ4v) is 3.60. The number of benzene rings is 2. The average Bonchev–Trinajstić information content (AvgIpc) is 2.79. The van der Waals surface area contributed by atoms with Gasteiger partial charge in [-0.3, -0.25) is 14.9 Å². The molecule has 2 aromatic carbocycles. The summed E-state index contributed by atoms with van der Waals surface area (Å²) < 4.78 is 29.9. The number of ether oxygens (including phenoxy) is 5. The van der Waals surface area contributed by atoms with Gasteiger partial charge in [-0.15, -0.1) is 0 Å². The van der Waals surface area contributed by atoms with Crippen molar-refractivity contribution in [1.29, 1.82) is 0 Å². The molecule has 3 rings (SSSR count). The summed E-state index contributed by atoms with van der Waals surface area (Å²) >= 11 is 0. The molecule has 1 fully saturated rings. The number of carbonyl (C=O) groups is 1. The number of nitro benzene ring substituents is 1. The van der Waals surface area contributed by atoms with Crippen molar-refractivity contribution >= 4 is 11.7 Å². The molecule has 33 heavy (non-hydrogen) atoms. The van der Waals surface area contributed by atoms with Gasteiger partial charge in [0, 0.05) is 25.7 Å². The summed E-state index contributed by atoms with van der Waals surface area (Å²) in [6, 6.07) is 15.2. The Kier molecular flexibility index (Phi) is 8.76. The highest BCUT2D eigenvalue weighted by atomic mass is 16.7. The number of nitro groups is 1. The molecule has 0 spiro atoms. The van der Waals surface area contributed by atoms with Gasteiger partial charge in [-0.05, 0) is 31.0 Å². The summed E-state index contributed by atoms with van der Waals surface area (Å²) in [7, 11) is 0. The van der Waals surface area contributed by atoms with Crippen LogP contribution in [0.25, 0.3) is 0 Å². The first-order chi connectivity index (χ1) is 15.9. The SMILES string of the molecule is CCCO[C@H]1[C@@H](OC(C)=O)[C@H](OCc2ccccc2)[C@@H](Oc2ccc([N+](=O)[O-])cc2)O[C@H]1C. The van der Waals surface area contributed by atoms with Gasteiger partial charge in [0.2, 0.25) is 6.29 Å². The average molecular weight is 459 g/mol. The molecule has 0 saturated carbocycles. The van der Waals surface area contributed by atoms with Crippen LogP contribution in [0.15, 0.2) is 54.6 Å². The number of carbonyl (C=O) groups excluding carboxylic acids is 1. The Hall–Kier alpha value is -3.01. The van der Waals surface area contributed by atoms with Crippen molar-refractivity contribution in [3.05, 3.63) is 70.3 Å². The van der Waals surface area contributed by atoms with Crippen molar-refractivity contribution in [2.24, 2.45) is 0 Å². The molecule has 2 aromatic rings. The minimum absolute atomic E-state index is 0.0528. The Bertz CT molecular complexity index is 904. The molecule has 0 radical (unpaired) electrons. The summed E-state index contributed by atoms with van der Waals surface area (Å²) in [6.07, 6.45) is -2.73. The van der Waals surface area contributed by atoms with Crippen molar-refractivity contribution in [3.63, 3.8) is 0 Å². The molecule has 0 unspecified atom stereocenters. The van der Waals surface area contributed by atoms with E-state index in [1.54, 1.807) is 0 Å². The summed E-state index contributed by atoms with van der Waals surface area (Å²) in [4.78, 5) is 22.4. The molecule has 0 aliphatic carbocycles. The molecule has 178 valence electrons. The van der Waals surface area contributed by atoms with Crippen LogP contribution in [0.2, 0.25) is 0 Å². The molecule has 1 saturated heterocycles. The third-order valence-electron chi connectivity index (χ3n) is 5.13. The van der Waals surface area contributed by atoms with Crippen molar-refractivity contribution in [2.45, 2.75) is 64.5 Å². The summed E-state index contributed by atoms with van der Waals surface area (Å²) in [6.45, 7) is 5.84. The zero-order chi connectivity index (χ0) is 23.8. The van der Waals surface area contributed by atoms with Crippen LogP contribution < -0.4 is 4.74 Å². The minimum Gasteiger partial charge on any atom is -0.462 e. The number of hydrogen-bond donors (Lipinski definition) is 0. The Morgan fingerprint density at radius 1 is 1.03 bits per heavy atom. The van der Waals surface area contributed by atoms with Gasteiger partial charge in [0.25, 0.3) is 5.69 Å². The molecule has 9 nitrogen and oxygen atoms in total. The largest absolute Gasteiger partial charge is 0.462 e. The first kappa shape index (κ1) is 24.6. The standard InChI is InChI=1S/C24H29NO8/c1-4-14-29-21-16(2)31-24(33-20-12-10-19(11-13-20)25(27)28)23(22(21)32-17(3)26)30-15-18-8-6-5-7-9-18/h5-13,16,21-24H,4,14-15H2,1-3H3/t16-,21+,22+,23-,24+/m0/s1. The van der Waals surface area contributed by atoms with Crippen LogP contribution in [0.5, 0.6) is 5.75 Å².